The van der Waals surface area contributed by atoms with Crippen LogP contribution in [-0.4, -0.2) is 32.2 Å². The van der Waals surface area contributed by atoms with Gasteiger partial charge in [-0.3, -0.25) is 9.69 Å². The van der Waals surface area contributed by atoms with E-state index in [1.807, 2.05) is 49.4 Å². The molecule has 0 saturated carbocycles. The number of rotatable bonds is 7. The fourth-order valence-electron chi connectivity index (χ4n) is 3.46. The molecule has 164 valence electrons. The Balaban J connectivity index is 1.84. The van der Waals surface area contributed by atoms with Crippen molar-refractivity contribution in [3.05, 3.63) is 77.4 Å². The number of hydrogen-bond donors (Lipinski definition) is 0. The molecule has 6 nitrogen and oxygen atoms in total. The number of carbonyl (C=O) groups excluding carboxylic acids is 1. The summed E-state index contributed by atoms with van der Waals surface area (Å²) in [5, 5.41) is 0.600. The van der Waals surface area contributed by atoms with E-state index in [0.717, 1.165) is 21.3 Å². The normalized spacial score (nSPS) is 10.8. The standard InChI is InChI=1S/C25H24N2O4S/c1-16-10-11-21(31-4)22-23(16)32-25(26-22)27(15-17-8-6-5-7-9-17)24(28)18-12-19(29-2)14-20(13-18)30-3/h5-14H,15H2,1-4H3. The van der Waals surface area contributed by atoms with Crippen LogP contribution in [0.15, 0.2) is 60.7 Å². The second-order valence-electron chi connectivity index (χ2n) is 7.24. The molecule has 0 fully saturated rings. The van der Waals surface area contributed by atoms with Crippen LogP contribution >= 0.6 is 11.3 Å². The number of benzene rings is 3. The van der Waals surface area contributed by atoms with Crippen LogP contribution < -0.4 is 19.1 Å². The molecule has 1 amide bonds. The lowest BCUT2D eigenvalue weighted by molar-refractivity contribution is 0.0984. The molecule has 0 spiro atoms. The topological polar surface area (TPSA) is 60.9 Å². The molecular formula is C25H24N2O4S. The van der Waals surface area contributed by atoms with Gasteiger partial charge in [-0.15, -0.1) is 0 Å². The minimum absolute atomic E-state index is 0.193. The summed E-state index contributed by atoms with van der Waals surface area (Å²) in [4.78, 5) is 20.2. The maximum absolute atomic E-state index is 13.8. The van der Waals surface area contributed by atoms with Gasteiger partial charge < -0.3 is 14.2 Å². The highest BCUT2D eigenvalue weighted by atomic mass is 32.1. The number of amides is 1. The third kappa shape index (κ3) is 4.24. The molecule has 0 bridgehead atoms. The van der Waals surface area contributed by atoms with E-state index in [1.165, 1.54) is 11.3 Å². The Morgan fingerprint density at radius 3 is 2.25 bits per heavy atom. The molecule has 7 heteroatoms. The molecule has 3 aromatic carbocycles. The summed E-state index contributed by atoms with van der Waals surface area (Å²) >= 11 is 1.48. The van der Waals surface area contributed by atoms with E-state index < -0.39 is 0 Å². The van der Waals surface area contributed by atoms with Crippen LogP contribution in [0.3, 0.4) is 0 Å². The highest BCUT2D eigenvalue weighted by Gasteiger charge is 2.24. The summed E-state index contributed by atoms with van der Waals surface area (Å²) in [5.74, 6) is 1.59. The fraction of sp³-hybridized carbons (Fsp3) is 0.200. The van der Waals surface area contributed by atoms with Crippen molar-refractivity contribution in [2.24, 2.45) is 0 Å². The van der Waals surface area contributed by atoms with Gasteiger partial charge in [-0.2, -0.15) is 0 Å². The van der Waals surface area contributed by atoms with Crippen LogP contribution in [-0.2, 0) is 6.54 Å². The largest absolute Gasteiger partial charge is 0.497 e. The fourth-order valence-corrected chi connectivity index (χ4v) is 4.51. The summed E-state index contributed by atoms with van der Waals surface area (Å²) in [6, 6.07) is 18.9. The van der Waals surface area contributed by atoms with E-state index in [1.54, 1.807) is 44.4 Å². The first kappa shape index (κ1) is 21.6. The molecular weight excluding hydrogens is 424 g/mol. The van der Waals surface area contributed by atoms with Gasteiger partial charge >= 0.3 is 0 Å². The Bertz CT molecular complexity index is 1230. The molecule has 0 aliphatic carbocycles. The van der Waals surface area contributed by atoms with Crippen molar-refractivity contribution in [2.75, 3.05) is 26.2 Å². The highest BCUT2D eigenvalue weighted by Crippen LogP contribution is 2.37. The van der Waals surface area contributed by atoms with Crippen LogP contribution in [0.25, 0.3) is 10.2 Å². The number of ether oxygens (including phenoxy) is 3. The third-order valence-corrected chi connectivity index (χ3v) is 6.38. The summed E-state index contributed by atoms with van der Waals surface area (Å²) in [6.07, 6.45) is 0. The summed E-state index contributed by atoms with van der Waals surface area (Å²) < 4.78 is 17.2. The average Bonchev–Trinajstić information content (AvgIpc) is 3.29. The molecule has 0 radical (unpaired) electrons. The average molecular weight is 449 g/mol. The van der Waals surface area contributed by atoms with Crippen molar-refractivity contribution >= 4 is 32.6 Å². The van der Waals surface area contributed by atoms with E-state index >= 15 is 0 Å². The van der Waals surface area contributed by atoms with Crippen molar-refractivity contribution in [3.8, 4) is 17.2 Å². The summed E-state index contributed by atoms with van der Waals surface area (Å²) in [5.41, 5.74) is 3.29. The van der Waals surface area contributed by atoms with Gasteiger partial charge in [-0.25, -0.2) is 4.98 Å². The van der Waals surface area contributed by atoms with Gasteiger partial charge in [0.15, 0.2) is 5.13 Å². The Hall–Kier alpha value is -3.58. The number of carbonyl (C=O) groups is 1. The summed E-state index contributed by atoms with van der Waals surface area (Å²) in [6.45, 7) is 2.40. The molecule has 1 aromatic heterocycles. The monoisotopic (exact) mass is 448 g/mol. The molecule has 1 heterocycles. The van der Waals surface area contributed by atoms with Gasteiger partial charge in [0, 0.05) is 11.6 Å². The molecule has 4 aromatic rings. The Morgan fingerprint density at radius 1 is 0.938 bits per heavy atom. The molecule has 0 saturated heterocycles. The minimum atomic E-state index is -0.193. The van der Waals surface area contributed by atoms with Gasteiger partial charge in [0.05, 0.1) is 32.6 Å². The molecule has 0 aliphatic heterocycles. The minimum Gasteiger partial charge on any atom is -0.497 e. The van der Waals surface area contributed by atoms with Crippen molar-refractivity contribution in [2.45, 2.75) is 13.5 Å². The molecule has 0 N–H and O–H groups in total. The zero-order valence-corrected chi connectivity index (χ0v) is 19.2. The van der Waals surface area contributed by atoms with Crippen LogP contribution in [0.2, 0.25) is 0 Å². The first-order valence-corrected chi connectivity index (χ1v) is 10.9. The van der Waals surface area contributed by atoms with E-state index in [4.69, 9.17) is 19.2 Å². The van der Waals surface area contributed by atoms with E-state index in [-0.39, 0.29) is 5.91 Å². The number of aromatic nitrogens is 1. The highest BCUT2D eigenvalue weighted by molar-refractivity contribution is 7.22. The van der Waals surface area contributed by atoms with E-state index in [9.17, 15) is 4.79 Å². The van der Waals surface area contributed by atoms with Crippen molar-refractivity contribution in [3.63, 3.8) is 0 Å². The number of fused-ring (bicyclic) bond motifs is 1. The third-order valence-electron chi connectivity index (χ3n) is 5.17. The van der Waals surface area contributed by atoms with Crippen LogP contribution in [0.4, 0.5) is 5.13 Å². The van der Waals surface area contributed by atoms with E-state index in [0.29, 0.717) is 34.5 Å². The zero-order valence-electron chi connectivity index (χ0n) is 18.4. The van der Waals surface area contributed by atoms with Gasteiger partial charge in [0.25, 0.3) is 5.91 Å². The van der Waals surface area contributed by atoms with Crippen LogP contribution in [0, 0.1) is 6.92 Å². The second-order valence-corrected chi connectivity index (χ2v) is 8.21. The Kier molecular flexibility index (Phi) is 6.28. The van der Waals surface area contributed by atoms with Crippen LogP contribution in [0.1, 0.15) is 21.5 Å². The molecule has 0 unspecified atom stereocenters. The number of methoxy groups -OCH3 is 3. The van der Waals surface area contributed by atoms with Gasteiger partial charge in [-0.05, 0) is 36.2 Å². The van der Waals surface area contributed by atoms with Crippen molar-refractivity contribution < 1.29 is 19.0 Å². The lowest BCUT2D eigenvalue weighted by Crippen LogP contribution is -2.30. The van der Waals surface area contributed by atoms with Gasteiger partial charge in [0.2, 0.25) is 0 Å². The van der Waals surface area contributed by atoms with Crippen molar-refractivity contribution in [1.29, 1.82) is 0 Å². The van der Waals surface area contributed by atoms with Gasteiger partial charge in [-0.1, -0.05) is 47.7 Å². The summed E-state index contributed by atoms with van der Waals surface area (Å²) in [7, 11) is 4.75. The molecule has 0 atom stereocenters. The second kappa shape index (κ2) is 9.28. The Labute approximate surface area is 191 Å². The zero-order chi connectivity index (χ0) is 22.7. The first-order valence-electron chi connectivity index (χ1n) is 10.1. The van der Waals surface area contributed by atoms with Crippen LogP contribution in [0.5, 0.6) is 17.2 Å². The van der Waals surface area contributed by atoms with E-state index in [2.05, 4.69) is 0 Å². The number of anilines is 1. The molecule has 4 rings (SSSR count). The molecule has 32 heavy (non-hydrogen) atoms. The maximum Gasteiger partial charge on any atom is 0.260 e. The predicted molar refractivity (Wildman–Crippen MR) is 127 cm³/mol. The first-order chi connectivity index (χ1) is 15.5. The SMILES string of the molecule is COc1cc(OC)cc(C(=O)N(Cc2ccccc2)c2nc3c(OC)ccc(C)c3s2)c1. The van der Waals surface area contributed by atoms with Crippen molar-refractivity contribution in [1.82, 2.24) is 4.98 Å². The number of aryl methyl sites for hydroxylation is 1. The lowest BCUT2D eigenvalue weighted by Gasteiger charge is -2.21. The number of nitrogens with zero attached hydrogens (tertiary/aromatic N) is 2. The van der Waals surface area contributed by atoms with Gasteiger partial charge in [0.1, 0.15) is 22.8 Å². The smallest absolute Gasteiger partial charge is 0.260 e. The Morgan fingerprint density at radius 2 is 1.62 bits per heavy atom. The molecule has 0 aliphatic rings. The quantitative estimate of drug-likeness (QED) is 0.375. The predicted octanol–water partition coefficient (Wildman–Crippen LogP) is 5.48. The maximum atomic E-state index is 13.8. The number of hydrogen-bond acceptors (Lipinski definition) is 6. The lowest BCUT2D eigenvalue weighted by atomic mass is 10.1. The number of thiazole rings is 1.